The van der Waals surface area contributed by atoms with Crippen molar-refractivity contribution in [2.75, 3.05) is 6.61 Å². The molecule has 1 fully saturated rings. The maximum Gasteiger partial charge on any atom is 0.155 e. The Balaban J connectivity index is 2.26. The zero-order chi connectivity index (χ0) is 14.2. The molecule has 104 valence electrons. The minimum absolute atomic E-state index is 0.322. The summed E-state index contributed by atoms with van der Waals surface area (Å²) in [5.74, 6) is 0.670. The molecule has 2 rings (SSSR count). The van der Waals surface area contributed by atoms with Gasteiger partial charge in [0.2, 0.25) is 0 Å². The highest BCUT2D eigenvalue weighted by atomic mass is 35.5. The van der Waals surface area contributed by atoms with Crippen molar-refractivity contribution in [1.29, 1.82) is 0 Å². The molecule has 7 heteroatoms. The topological polar surface area (TPSA) is 91.3 Å². The third kappa shape index (κ3) is 2.17. The van der Waals surface area contributed by atoms with Crippen LogP contribution in [0, 0.1) is 0 Å². The van der Waals surface area contributed by atoms with E-state index >= 15 is 0 Å². The first-order chi connectivity index (χ1) is 8.95. The van der Waals surface area contributed by atoms with Crippen molar-refractivity contribution in [3.63, 3.8) is 0 Å². The molecule has 2 aliphatic rings. The molecule has 2 aliphatic heterocycles. The maximum atomic E-state index is 10.1. The number of ether oxygens (including phenoxy) is 1. The number of amidine groups is 1. The Labute approximate surface area is 116 Å². The lowest BCUT2D eigenvalue weighted by Gasteiger charge is -2.31. The quantitative estimate of drug-likeness (QED) is 0.497. The number of alkyl halides is 1. The Hall–Kier alpha value is -1.34. The zero-order valence-corrected chi connectivity index (χ0v) is 11.0. The van der Waals surface area contributed by atoms with Crippen LogP contribution in [-0.2, 0) is 4.74 Å². The molecule has 0 amide bonds. The molecule has 0 bridgehead atoms. The lowest BCUT2D eigenvalue weighted by Crippen LogP contribution is -2.43. The van der Waals surface area contributed by atoms with Gasteiger partial charge in [0, 0.05) is 6.20 Å². The van der Waals surface area contributed by atoms with Crippen molar-refractivity contribution >= 4 is 17.4 Å². The summed E-state index contributed by atoms with van der Waals surface area (Å²) in [4.78, 5) is 5.55. The van der Waals surface area contributed by atoms with E-state index in [0.29, 0.717) is 11.7 Å². The number of aliphatic hydroxyl groups excluding tert-OH is 2. The fourth-order valence-electron chi connectivity index (χ4n) is 2.08. The maximum absolute atomic E-state index is 10.1. The molecule has 0 aromatic carbocycles. The Morgan fingerprint density at radius 1 is 1.68 bits per heavy atom. The number of hydrogen-bond acceptors (Lipinski definition) is 6. The molecule has 0 unspecified atom stereocenters. The summed E-state index contributed by atoms with van der Waals surface area (Å²) in [6, 6.07) is 0. The predicted molar refractivity (Wildman–Crippen MR) is 72.3 cm³/mol. The summed E-state index contributed by atoms with van der Waals surface area (Å²) in [7, 11) is 0. The van der Waals surface area contributed by atoms with Crippen molar-refractivity contribution in [3.8, 4) is 0 Å². The van der Waals surface area contributed by atoms with Crippen molar-refractivity contribution in [3.05, 3.63) is 37.3 Å². The molecule has 4 atom stereocenters. The van der Waals surface area contributed by atoms with E-state index in [1.54, 1.807) is 17.2 Å². The van der Waals surface area contributed by atoms with E-state index in [1.807, 2.05) is 0 Å². The monoisotopic (exact) mass is 285 g/mol. The van der Waals surface area contributed by atoms with Crippen LogP contribution in [-0.4, -0.2) is 50.9 Å². The molecule has 0 radical (unpaired) electrons. The first-order valence-electron chi connectivity index (χ1n) is 5.69. The van der Waals surface area contributed by atoms with Gasteiger partial charge >= 0.3 is 0 Å². The van der Waals surface area contributed by atoms with E-state index in [-0.39, 0.29) is 0 Å². The Bertz CT molecular complexity index is 465. The van der Waals surface area contributed by atoms with E-state index in [9.17, 15) is 10.2 Å². The number of halogens is 1. The van der Waals surface area contributed by atoms with Crippen molar-refractivity contribution in [2.45, 2.75) is 23.3 Å². The SMILES string of the molecule is C=C[C@]1(CO)O[C@@H](N2C=CC(N)=NC2=C)[C@H](Cl)[C@@H]1O. The van der Waals surface area contributed by atoms with E-state index in [0.717, 1.165) is 0 Å². The van der Waals surface area contributed by atoms with Crippen molar-refractivity contribution in [2.24, 2.45) is 10.7 Å². The summed E-state index contributed by atoms with van der Waals surface area (Å²) in [6.07, 6.45) is 2.73. The second-order valence-electron chi connectivity index (χ2n) is 4.39. The van der Waals surface area contributed by atoms with Crippen LogP contribution in [0.2, 0.25) is 0 Å². The molecule has 6 nitrogen and oxygen atoms in total. The molecule has 19 heavy (non-hydrogen) atoms. The van der Waals surface area contributed by atoms with Gasteiger partial charge in [-0.05, 0) is 6.08 Å². The molecule has 0 aromatic rings. The normalized spacial score (nSPS) is 38.5. The van der Waals surface area contributed by atoms with Crippen LogP contribution in [0.3, 0.4) is 0 Å². The van der Waals surface area contributed by atoms with Crippen LogP contribution in [0.4, 0.5) is 0 Å². The number of nitrogens with zero attached hydrogens (tertiary/aromatic N) is 2. The third-order valence-corrected chi connectivity index (χ3v) is 3.70. The number of hydrogen-bond donors (Lipinski definition) is 3. The second-order valence-corrected chi connectivity index (χ2v) is 4.89. The van der Waals surface area contributed by atoms with Gasteiger partial charge in [0.25, 0.3) is 0 Å². The second kappa shape index (κ2) is 4.97. The Morgan fingerprint density at radius 3 is 2.84 bits per heavy atom. The minimum atomic E-state index is -1.29. The summed E-state index contributed by atoms with van der Waals surface area (Å²) in [6.45, 7) is 6.90. The summed E-state index contributed by atoms with van der Waals surface area (Å²) in [5.41, 5.74) is 4.26. The van der Waals surface area contributed by atoms with Gasteiger partial charge in [0.15, 0.2) is 6.23 Å². The number of rotatable bonds is 3. The molecular formula is C12H16ClN3O3. The van der Waals surface area contributed by atoms with Crippen LogP contribution >= 0.6 is 11.6 Å². The number of nitrogens with two attached hydrogens (primary N) is 1. The number of aliphatic imine (C=N–C) groups is 1. The van der Waals surface area contributed by atoms with Gasteiger partial charge in [0.1, 0.15) is 28.7 Å². The third-order valence-electron chi connectivity index (χ3n) is 3.24. The fraction of sp³-hybridized carbons (Fsp3) is 0.417. The van der Waals surface area contributed by atoms with Gasteiger partial charge in [-0.25, -0.2) is 4.99 Å². The van der Waals surface area contributed by atoms with Gasteiger partial charge in [-0.2, -0.15) is 0 Å². The lowest BCUT2D eigenvalue weighted by atomic mass is 9.98. The van der Waals surface area contributed by atoms with E-state index in [1.165, 1.54) is 6.08 Å². The first-order valence-corrected chi connectivity index (χ1v) is 6.13. The van der Waals surface area contributed by atoms with Crippen LogP contribution in [0.15, 0.2) is 42.3 Å². The van der Waals surface area contributed by atoms with Gasteiger partial charge in [0.05, 0.1) is 6.61 Å². The average Bonchev–Trinajstić information content (AvgIpc) is 2.64. The zero-order valence-electron chi connectivity index (χ0n) is 10.2. The smallest absolute Gasteiger partial charge is 0.155 e. The molecule has 0 spiro atoms. The molecule has 0 aliphatic carbocycles. The largest absolute Gasteiger partial charge is 0.393 e. The molecular weight excluding hydrogens is 270 g/mol. The van der Waals surface area contributed by atoms with Crippen molar-refractivity contribution in [1.82, 2.24) is 4.90 Å². The average molecular weight is 286 g/mol. The summed E-state index contributed by atoms with van der Waals surface area (Å²) in [5, 5.41) is 18.7. The van der Waals surface area contributed by atoms with Gasteiger partial charge in [-0.15, -0.1) is 18.2 Å². The summed E-state index contributed by atoms with van der Waals surface area (Å²) >= 11 is 6.18. The van der Waals surface area contributed by atoms with Crippen LogP contribution in [0.5, 0.6) is 0 Å². The lowest BCUT2D eigenvalue weighted by molar-refractivity contribution is -0.104. The molecule has 0 saturated carbocycles. The molecule has 1 saturated heterocycles. The Morgan fingerprint density at radius 2 is 2.37 bits per heavy atom. The van der Waals surface area contributed by atoms with Gasteiger partial charge in [-0.3, -0.25) is 0 Å². The summed E-state index contributed by atoms with van der Waals surface area (Å²) < 4.78 is 5.67. The van der Waals surface area contributed by atoms with Crippen LogP contribution in [0.1, 0.15) is 0 Å². The minimum Gasteiger partial charge on any atom is -0.393 e. The standard InChI is InChI=1S/C12H16ClN3O3/c1-3-12(6-17)10(18)9(13)11(19-12)16-5-4-8(14)15-7(16)2/h3-5,9-11,17-18H,1-2,6H2,(H2,14,15)/t9-,10+,11-,12-/m1/s1. The number of aliphatic hydroxyl groups is 2. The van der Waals surface area contributed by atoms with E-state index < -0.39 is 29.9 Å². The van der Waals surface area contributed by atoms with Crippen LogP contribution in [0.25, 0.3) is 0 Å². The van der Waals surface area contributed by atoms with E-state index in [4.69, 9.17) is 22.1 Å². The highest BCUT2D eigenvalue weighted by Crippen LogP contribution is 2.38. The fourth-order valence-corrected chi connectivity index (χ4v) is 2.46. The van der Waals surface area contributed by atoms with E-state index in [2.05, 4.69) is 18.2 Å². The first kappa shape index (κ1) is 14.1. The molecule has 4 N–H and O–H groups in total. The molecule has 0 aromatic heterocycles. The van der Waals surface area contributed by atoms with Gasteiger partial charge < -0.3 is 25.6 Å². The predicted octanol–water partition coefficient (Wildman–Crippen LogP) is -0.114. The van der Waals surface area contributed by atoms with Gasteiger partial charge in [-0.1, -0.05) is 12.7 Å². The van der Waals surface area contributed by atoms with Crippen molar-refractivity contribution < 1.29 is 14.9 Å². The highest BCUT2D eigenvalue weighted by Gasteiger charge is 2.54. The molecule has 2 heterocycles. The van der Waals surface area contributed by atoms with Crippen LogP contribution < -0.4 is 5.73 Å². The highest BCUT2D eigenvalue weighted by molar-refractivity contribution is 6.21. The Kier molecular flexibility index (Phi) is 3.69.